The van der Waals surface area contributed by atoms with Crippen molar-refractivity contribution in [1.82, 2.24) is 14.9 Å². The van der Waals surface area contributed by atoms with E-state index in [1.54, 1.807) is 19.2 Å². The summed E-state index contributed by atoms with van der Waals surface area (Å²) >= 11 is 0. The summed E-state index contributed by atoms with van der Waals surface area (Å²) in [7, 11) is 1.56. The average molecular weight is 548 g/mol. The number of halogens is 1. The molecule has 1 amide bonds. The van der Waals surface area contributed by atoms with Gasteiger partial charge in [0.1, 0.15) is 23.1 Å². The van der Waals surface area contributed by atoms with Gasteiger partial charge in [-0.25, -0.2) is 9.37 Å². The van der Waals surface area contributed by atoms with E-state index in [2.05, 4.69) is 10.3 Å². The van der Waals surface area contributed by atoms with E-state index in [1.807, 2.05) is 28.8 Å². The fraction of sp³-hybridized carbons (Fsp3) is 0.393. The van der Waals surface area contributed by atoms with Crippen LogP contribution in [0.1, 0.15) is 59.8 Å². The van der Waals surface area contributed by atoms with Crippen LogP contribution in [0, 0.1) is 5.82 Å². The maximum absolute atomic E-state index is 13.6. The van der Waals surface area contributed by atoms with Gasteiger partial charge in [0, 0.05) is 42.5 Å². The number of amides is 1. The fourth-order valence-electron chi connectivity index (χ4n) is 4.54. The van der Waals surface area contributed by atoms with Gasteiger partial charge in [-0.05, 0) is 56.0 Å². The van der Waals surface area contributed by atoms with Gasteiger partial charge in [-0.15, -0.1) is 0 Å². The van der Waals surface area contributed by atoms with Crippen LogP contribution in [0.15, 0.2) is 48.5 Å². The monoisotopic (exact) mass is 547 g/mol. The Morgan fingerprint density at radius 2 is 1.85 bits per heavy atom. The summed E-state index contributed by atoms with van der Waals surface area (Å²) < 4.78 is 20.9. The van der Waals surface area contributed by atoms with Gasteiger partial charge in [0.15, 0.2) is 0 Å². The van der Waals surface area contributed by atoms with Gasteiger partial charge in [-0.3, -0.25) is 4.79 Å². The topological polar surface area (TPSA) is 137 Å². The number of aliphatic carboxylic acids is 1. The molecule has 0 radical (unpaired) electrons. The first-order chi connectivity index (χ1) is 18.3. The number of carbonyl (C=O) groups is 2. The number of methoxy groups -OCH3 is 1. The van der Waals surface area contributed by atoms with Gasteiger partial charge in [0.25, 0.3) is 5.91 Å². The Hall–Kier alpha value is -2.76. The van der Waals surface area contributed by atoms with Gasteiger partial charge in [-0.2, -0.15) is 0 Å². The zero-order valence-corrected chi connectivity index (χ0v) is 24.1. The second-order valence-electron chi connectivity index (χ2n) is 9.50. The second kappa shape index (κ2) is 14.0. The van der Waals surface area contributed by atoms with E-state index in [0.29, 0.717) is 17.1 Å². The normalized spacial score (nSPS) is 14.3. The van der Waals surface area contributed by atoms with Crippen LogP contribution < -0.4 is 44.7 Å². The molecular formula is C28H31FN3NaO6. The number of para-hydroxylation sites is 1. The van der Waals surface area contributed by atoms with Crippen LogP contribution in [-0.2, 0) is 17.9 Å². The maximum Gasteiger partial charge on any atom is 1.00 e. The summed E-state index contributed by atoms with van der Waals surface area (Å²) in [5.74, 6) is -0.909. The van der Waals surface area contributed by atoms with Crippen molar-refractivity contribution in [1.29, 1.82) is 0 Å². The molecule has 1 aromatic heterocycles. The number of carboxylic acid groups (broad SMARTS) is 1. The van der Waals surface area contributed by atoms with Crippen LogP contribution in [0.3, 0.4) is 0 Å². The summed E-state index contributed by atoms with van der Waals surface area (Å²) in [6, 6.07) is 13.2. The minimum atomic E-state index is -1.39. The summed E-state index contributed by atoms with van der Waals surface area (Å²) in [5.41, 5.74) is 2.44. The summed E-state index contributed by atoms with van der Waals surface area (Å²) in [6.45, 7) is 0.505. The smallest absolute Gasteiger partial charge is 0.550 e. The number of aromatic nitrogens is 2. The number of imidazole rings is 1. The molecule has 0 bridgehead atoms. The van der Waals surface area contributed by atoms with E-state index >= 15 is 0 Å². The molecule has 39 heavy (non-hydrogen) atoms. The van der Waals surface area contributed by atoms with Gasteiger partial charge >= 0.3 is 29.6 Å². The first-order valence-electron chi connectivity index (χ1n) is 12.6. The Bertz CT molecular complexity index is 1280. The van der Waals surface area contributed by atoms with Crippen molar-refractivity contribution in [2.75, 3.05) is 7.11 Å². The third-order valence-electron chi connectivity index (χ3n) is 6.55. The Morgan fingerprint density at radius 1 is 1.15 bits per heavy atom. The van der Waals surface area contributed by atoms with Gasteiger partial charge < -0.3 is 34.7 Å². The van der Waals surface area contributed by atoms with Crippen molar-refractivity contribution in [3.05, 3.63) is 71.3 Å². The number of carbonyl (C=O) groups excluding carboxylic acids is 2. The van der Waals surface area contributed by atoms with Crippen LogP contribution in [-0.4, -0.2) is 51.0 Å². The van der Waals surface area contributed by atoms with Crippen molar-refractivity contribution < 1.29 is 63.6 Å². The van der Waals surface area contributed by atoms with Crippen molar-refractivity contribution in [3.63, 3.8) is 0 Å². The number of nitrogens with zero attached hydrogens (tertiary/aromatic N) is 2. The molecule has 0 spiro atoms. The number of ether oxygens (including phenoxy) is 1. The Labute approximate surface area is 248 Å². The molecule has 9 nitrogen and oxygen atoms in total. The predicted octanol–water partition coefficient (Wildman–Crippen LogP) is -0.849. The molecule has 0 unspecified atom stereocenters. The predicted molar refractivity (Wildman–Crippen MR) is 135 cm³/mol. The van der Waals surface area contributed by atoms with E-state index in [1.165, 1.54) is 12.1 Å². The fourth-order valence-corrected chi connectivity index (χ4v) is 4.54. The number of aliphatic hydroxyl groups is 2. The largest absolute Gasteiger partial charge is 1.00 e. The minimum absolute atomic E-state index is 0. The van der Waals surface area contributed by atoms with E-state index < -0.39 is 30.4 Å². The molecule has 1 heterocycles. The first-order valence-corrected chi connectivity index (χ1v) is 12.6. The second-order valence-corrected chi connectivity index (χ2v) is 9.50. The molecule has 1 aliphatic carbocycles. The Kier molecular flexibility index (Phi) is 11.1. The molecule has 11 heteroatoms. The zero-order chi connectivity index (χ0) is 27.2. The van der Waals surface area contributed by atoms with Crippen molar-refractivity contribution >= 4 is 11.9 Å². The molecule has 3 N–H and O–H groups in total. The summed E-state index contributed by atoms with van der Waals surface area (Å²) in [5, 5.41) is 34.0. The molecule has 1 fully saturated rings. The van der Waals surface area contributed by atoms with Crippen molar-refractivity contribution in [2.45, 2.75) is 63.3 Å². The summed E-state index contributed by atoms with van der Waals surface area (Å²) in [4.78, 5) is 28.8. The molecular weight excluding hydrogens is 516 g/mol. The Balaban J connectivity index is 0.00000420. The van der Waals surface area contributed by atoms with Gasteiger partial charge in [-0.1, -0.05) is 18.2 Å². The minimum Gasteiger partial charge on any atom is -0.550 e. The number of hydrogen-bond acceptors (Lipinski definition) is 7. The van der Waals surface area contributed by atoms with Crippen LogP contribution in [0.2, 0.25) is 0 Å². The van der Waals surface area contributed by atoms with Crippen LogP contribution in [0.5, 0.6) is 5.75 Å². The number of hydrogen-bond donors (Lipinski definition) is 3. The summed E-state index contributed by atoms with van der Waals surface area (Å²) in [6.07, 6.45) is -0.942. The molecule has 2 aromatic carbocycles. The molecule has 0 saturated heterocycles. The zero-order valence-electron chi connectivity index (χ0n) is 22.1. The molecule has 1 saturated carbocycles. The number of carboxylic acids is 1. The number of benzene rings is 2. The Morgan fingerprint density at radius 3 is 2.49 bits per heavy atom. The third kappa shape index (κ3) is 8.12. The SMILES string of the molecule is COc1ccccc1CNC(=O)c1nc(-c2ccc(F)cc2)n(CC[C@@H](O)C[C@@H](O)CC(=O)[O-])c1C1CC1.[Na+]. The third-order valence-corrected chi connectivity index (χ3v) is 6.55. The quantitative estimate of drug-likeness (QED) is 0.237. The van der Waals surface area contributed by atoms with E-state index in [0.717, 1.165) is 24.1 Å². The van der Waals surface area contributed by atoms with Crippen molar-refractivity contribution in [2.24, 2.45) is 0 Å². The van der Waals surface area contributed by atoms with E-state index in [9.17, 15) is 29.3 Å². The first kappa shape index (κ1) is 30.8. The van der Waals surface area contributed by atoms with Crippen LogP contribution in [0.25, 0.3) is 11.4 Å². The molecule has 4 rings (SSSR count). The number of aliphatic hydroxyl groups excluding tert-OH is 2. The van der Waals surface area contributed by atoms with Crippen LogP contribution >= 0.6 is 0 Å². The van der Waals surface area contributed by atoms with E-state index in [-0.39, 0.29) is 73.0 Å². The van der Waals surface area contributed by atoms with E-state index in [4.69, 9.17) is 4.74 Å². The number of rotatable bonds is 13. The standard InChI is InChI=1S/C28H32FN3O6.Na/c1-38-23-5-3-2-4-19(23)16-30-28(37)25-26(17-6-7-17)32(13-12-21(33)14-22(34)15-24(35)36)27(31-25)18-8-10-20(29)11-9-18;/h2-5,8-11,17,21-22,33-34H,6-7,12-16H2,1H3,(H,30,37)(H,35,36);/q;+1/p-1/t21-,22-;/m1./s1. The molecule has 3 aromatic rings. The van der Waals surface area contributed by atoms with Gasteiger partial charge in [0.05, 0.1) is 25.0 Å². The molecule has 202 valence electrons. The maximum atomic E-state index is 13.6. The number of nitrogens with one attached hydrogen (secondary N) is 1. The van der Waals surface area contributed by atoms with Crippen molar-refractivity contribution in [3.8, 4) is 17.1 Å². The van der Waals surface area contributed by atoms with Gasteiger partial charge in [0.2, 0.25) is 0 Å². The van der Waals surface area contributed by atoms with Crippen LogP contribution in [0.4, 0.5) is 4.39 Å². The molecule has 2 atom stereocenters. The molecule has 0 aliphatic heterocycles. The molecule has 1 aliphatic rings. The average Bonchev–Trinajstić information content (AvgIpc) is 3.66.